The van der Waals surface area contributed by atoms with Crippen LogP contribution in [0.1, 0.15) is 16.7 Å². The summed E-state index contributed by atoms with van der Waals surface area (Å²) in [5.74, 6) is 0. The number of thiazole rings is 1. The molecule has 0 aliphatic heterocycles. The van der Waals surface area contributed by atoms with Gasteiger partial charge in [0, 0.05) is 17.0 Å². The number of hydrogen-bond donors (Lipinski definition) is 0. The van der Waals surface area contributed by atoms with Gasteiger partial charge in [0.15, 0.2) is 6.54 Å². The van der Waals surface area contributed by atoms with Crippen molar-refractivity contribution in [1.29, 1.82) is 0 Å². The van der Waals surface area contributed by atoms with E-state index < -0.39 is 0 Å². The predicted molar refractivity (Wildman–Crippen MR) is 84.9 cm³/mol. The lowest BCUT2D eigenvalue weighted by Crippen LogP contribution is -2.31. The zero-order valence-electron chi connectivity index (χ0n) is 10.8. The van der Waals surface area contributed by atoms with Crippen LogP contribution in [0.25, 0.3) is 10.2 Å². The van der Waals surface area contributed by atoms with E-state index in [9.17, 15) is 0 Å². The molecule has 0 N–H and O–H groups in total. The van der Waals surface area contributed by atoms with Crippen LogP contribution in [0.4, 0.5) is 0 Å². The van der Waals surface area contributed by atoms with E-state index in [2.05, 4.69) is 75.4 Å². The third-order valence-corrected chi connectivity index (χ3v) is 4.85. The summed E-state index contributed by atoms with van der Waals surface area (Å²) in [5, 5.41) is 0.918. The summed E-state index contributed by atoms with van der Waals surface area (Å²) in [6.07, 6.45) is 0. The normalized spacial score (nSPS) is 11.1. The second-order valence-corrected chi connectivity index (χ2v) is 6.22. The van der Waals surface area contributed by atoms with Gasteiger partial charge in [0.2, 0.25) is 11.0 Å². The smallest absolute Gasteiger partial charge is 0.184 e. The fourth-order valence-electron chi connectivity index (χ4n) is 2.18. The summed E-state index contributed by atoms with van der Waals surface area (Å²) in [7, 11) is 0. The van der Waals surface area contributed by atoms with E-state index in [0.29, 0.717) is 0 Å². The van der Waals surface area contributed by atoms with Gasteiger partial charge in [-0.2, -0.15) is 4.57 Å². The zero-order valence-corrected chi connectivity index (χ0v) is 13.2. The molecule has 0 bridgehead atoms. The SMILES string of the molecule is Cc1ccc2c(c1)sc[n+]2Cc1ccc(CBr)cc1. The highest BCUT2D eigenvalue weighted by atomic mass is 79.9. The van der Waals surface area contributed by atoms with Crippen LogP contribution in [0.2, 0.25) is 0 Å². The minimum Gasteiger partial charge on any atom is -0.184 e. The number of alkyl halides is 1. The first-order valence-corrected chi connectivity index (χ1v) is 8.27. The maximum Gasteiger partial charge on any atom is 0.226 e. The summed E-state index contributed by atoms with van der Waals surface area (Å²) in [6.45, 7) is 3.08. The minimum atomic E-state index is 0.918. The second kappa shape index (κ2) is 5.43. The Hall–Kier alpha value is -1.19. The topological polar surface area (TPSA) is 3.88 Å². The molecule has 3 rings (SSSR count). The molecule has 0 spiro atoms. The number of aryl methyl sites for hydroxylation is 1. The largest absolute Gasteiger partial charge is 0.226 e. The number of aromatic nitrogens is 1. The van der Waals surface area contributed by atoms with E-state index in [1.165, 1.54) is 26.9 Å². The number of hydrogen-bond acceptors (Lipinski definition) is 1. The quantitative estimate of drug-likeness (QED) is 0.493. The zero-order chi connectivity index (χ0) is 13.2. The molecule has 0 amide bonds. The van der Waals surface area contributed by atoms with E-state index in [1.807, 2.05) is 11.3 Å². The summed E-state index contributed by atoms with van der Waals surface area (Å²) >= 11 is 5.29. The van der Waals surface area contributed by atoms with Crippen molar-refractivity contribution in [2.45, 2.75) is 18.8 Å². The molecule has 3 aromatic rings. The molecule has 2 aromatic carbocycles. The Labute approximate surface area is 125 Å². The van der Waals surface area contributed by atoms with Gasteiger partial charge in [0.25, 0.3) is 0 Å². The summed E-state index contributed by atoms with van der Waals surface area (Å²) < 4.78 is 3.68. The van der Waals surface area contributed by atoms with Crippen molar-refractivity contribution in [3.63, 3.8) is 0 Å². The second-order valence-electron chi connectivity index (χ2n) is 4.77. The standard InChI is InChI=1S/C16H15BrNS/c1-12-2-7-15-16(8-12)19-11-18(15)10-14-5-3-13(9-17)4-6-14/h2-8,11H,9-10H2,1H3/q+1. The fourth-order valence-corrected chi connectivity index (χ4v) is 3.55. The molecule has 0 fully saturated rings. The lowest BCUT2D eigenvalue weighted by atomic mass is 10.1. The molecular formula is C16H15BrNS+. The predicted octanol–water partition coefficient (Wildman–Crippen LogP) is 4.44. The number of nitrogens with zero attached hydrogens (tertiary/aromatic N) is 1. The van der Waals surface area contributed by atoms with Gasteiger partial charge in [0.1, 0.15) is 4.70 Å². The highest BCUT2D eigenvalue weighted by Crippen LogP contribution is 2.18. The highest BCUT2D eigenvalue weighted by molar-refractivity contribution is 9.08. The number of rotatable bonds is 3. The van der Waals surface area contributed by atoms with Crippen molar-refractivity contribution in [2.75, 3.05) is 0 Å². The fraction of sp³-hybridized carbons (Fsp3) is 0.188. The van der Waals surface area contributed by atoms with Gasteiger partial charge in [-0.05, 0) is 24.1 Å². The van der Waals surface area contributed by atoms with Crippen LogP contribution < -0.4 is 4.57 Å². The molecule has 0 unspecified atom stereocenters. The number of halogens is 1. The molecule has 0 atom stereocenters. The van der Waals surface area contributed by atoms with Crippen LogP contribution in [0, 0.1) is 6.92 Å². The Morgan fingerprint density at radius 1 is 1.05 bits per heavy atom. The van der Waals surface area contributed by atoms with Crippen LogP contribution in [0.3, 0.4) is 0 Å². The van der Waals surface area contributed by atoms with E-state index in [-0.39, 0.29) is 0 Å². The van der Waals surface area contributed by atoms with Crippen molar-refractivity contribution in [1.82, 2.24) is 0 Å². The minimum absolute atomic E-state index is 0.918. The van der Waals surface area contributed by atoms with Crippen molar-refractivity contribution in [3.05, 3.63) is 64.7 Å². The molecule has 1 heterocycles. The highest BCUT2D eigenvalue weighted by Gasteiger charge is 2.12. The van der Waals surface area contributed by atoms with Crippen LogP contribution in [0.5, 0.6) is 0 Å². The molecule has 0 aliphatic rings. The van der Waals surface area contributed by atoms with Gasteiger partial charge >= 0.3 is 0 Å². The summed E-state index contributed by atoms with van der Waals surface area (Å²) in [6, 6.07) is 15.4. The first-order valence-electron chi connectivity index (χ1n) is 6.27. The average molecular weight is 333 g/mol. The maximum absolute atomic E-state index is 3.48. The number of benzene rings is 2. The van der Waals surface area contributed by atoms with Gasteiger partial charge in [-0.1, -0.05) is 57.6 Å². The molecule has 3 heteroatoms. The van der Waals surface area contributed by atoms with Crippen molar-refractivity contribution < 1.29 is 4.57 Å². The van der Waals surface area contributed by atoms with Gasteiger partial charge in [0.05, 0.1) is 0 Å². The molecule has 0 aliphatic carbocycles. The van der Waals surface area contributed by atoms with Crippen molar-refractivity contribution in [2.24, 2.45) is 0 Å². The monoisotopic (exact) mass is 332 g/mol. The van der Waals surface area contributed by atoms with E-state index in [0.717, 1.165) is 11.9 Å². The molecule has 0 saturated carbocycles. The van der Waals surface area contributed by atoms with E-state index in [1.54, 1.807) is 0 Å². The Morgan fingerprint density at radius 3 is 2.53 bits per heavy atom. The van der Waals surface area contributed by atoms with E-state index in [4.69, 9.17) is 0 Å². The van der Waals surface area contributed by atoms with Crippen molar-refractivity contribution in [3.8, 4) is 0 Å². The van der Waals surface area contributed by atoms with E-state index >= 15 is 0 Å². The molecule has 96 valence electrons. The first-order chi connectivity index (χ1) is 9.26. The molecule has 0 radical (unpaired) electrons. The molecule has 0 saturated heterocycles. The third kappa shape index (κ3) is 2.72. The molecule has 19 heavy (non-hydrogen) atoms. The average Bonchev–Trinajstić information content (AvgIpc) is 2.82. The lowest BCUT2D eigenvalue weighted by Gasteiger charge is -1.99. The number of fused-ring (bicyclic) bond motifs is 1. The molecule has 1 nitrogen and oxygen atoms in total. The summed E-state index contributed by atoms with van der Waals surface area (Å²) in [5.41, 5.74) is 7.51. The maximum atomic E-state index is 3.48. The summed E-state index contributed by atoms with van der Waals surface area (Å²) in [4.78, 5) is 0. The Morgan fingerprint density at radius 2 is 1.79 bits per heavy atom. The van der Waals surface area contributed by atoms with Gasteiger partial charge in [-0.15, -0.1) is 0 Å². The Kier molecular flexibility index (Phi) is 3.67. The Balaban J connectivity index is 1.92. The Bertz CT molecular complexity index is 700. The van der Waals surface area contributed by atoms with Crippen LogP contribution >= 0.6 is 27.3 Å². The van der Waals surface area contributed by atoms with Crippen LogP contribution in [-0.4, -0.2) is 0 Å². The van der Waals surface area contributed by atoms with Crippen LogP contribution in [-0.2, 0) is 11.9 Å². The van der Waals surface area contributed by atoms with Gasteiger partial charge in [-0.25, -0.2) is 0 Å². The van der Waals surface area contributed by atoms with Crippen molar-refractivity contribution >= 4 is 37.5 Å². The van der Waals surface area contributed by atoms with Crippen LogP contribution in [0.15, 0.2) is 48.0 Å². The third-order valence-electron chi connectivity index (χ3n) is 3.26. The first kappa shape index (κ1) is 12.8. The van der Waals surface area contributed by atoms with Gasteiger partial charge in [-0.3, -0.25) is 0 Å². The molecular weight excluding hydrogens is 318 g/mol. The molecule has 1 aromatic heterocycles. The lowest BCUT2D eigenvalue weighted by molar-refractivity contribution is -0.658. The van der Waals surface area contributed by atoms with Gasteiger partial charge < -0.3 is 0 Å².